The van der Waals surface area contributed by atoms with Gasteiger partial charge in [-0.2, -0.15) is 0 Å². The molecule has 2 aromatic rings. The lowest BCUT2D eigenvalue weighted by Crippen LogP contribution is -1.89. The maximum atomic E-state index is 6.09. The Hall–Kier alpha value is -0.900. The van der Waals surface area contributed by atoms with E-state index in [2.05, 4.69) is 4.98 Å². The SMILES string of the molecule is Nc1ccc(SCc2c(Cl)cccc2Cl)cn1. The number of hydrogen-bond acceptors (Lipinski definition) is 3. The highest BCUT2D eigenvalue weighted by atomic mass is 35.5. The van der Waals surface area contributed by atoms with E-state index in [1.807, 2.05) is 24.3 Å². The van der Waals surface area contributed by atoms with E-state index in [-0.39, 0.29) is 0 Å². The molecular formula is C12H10Cl2N2S. The minimum Gasteiger partial charge on any atom is -0.384 e. The Morgan fingerprint density at radius 3 is 2.41 bits per heavy atom. The summed E-state index contributed by atoms with van der Waals surface area (Å²) in [5.41, 5.74) is 6.46. The zero-order valence-electron chi connectivity index (χ0n) is 8.86. The van der Waals surface area contributed by atoms with Gasteiger partial charge in [-0.25, -0.2) is 4.98 Å². The van der Waals surface area contributed by atoms with E-state index in [4.69, 9.17) is 28.9 Å². The number of rotatable bonds is 3. The van der Waals surface area contributed by atoms with E-state index in [1.165, 1.54) is 0 Å². The third-order valence-electron chi connectivity index (χ3n) is 2.20. The Kier molecular flexibility index (Phi) is 4.15. The van der Waals surface area contributed by atoms with Crippen LogP contribution >= 0.6 is 35.0 Å². The molecule has 0 radical (unpaired) electrons. The van der Waals surface area contributed by atoms with Crippen molar-refractivity contribution in [2.75, 3.05) is 5.73 Å². The summed E-state index contributed by atoms with van der Waals surface area (Å²) >= 11 is 13.8. The highest BCUT2D eigenvalue weighted by molar-refractivity contribution is 7.98. The van der Waals surface area contributed by atoms with Crippen LogP contribution in [-0.2, 0) is 5.75 Å². The molecule has 17 heavy (non-hydrogen) atoms. The Balaban J connectivity index is 2.10. The van der Waals surface area contributed by atoms with Crippen LogP contribution in [0.3, 0.4) is 0 Å². The summed E-state index contributed by atoms with van der Waals surface area (Å²) in [6.45, 7) is 0. The monoisotopic (exact) mass is 284 g/mol. The zero-order valence-corrected chi connectivity index (χ0v) is 11.2. The Labute approximate surface area is 114 Å². The lowest BCUT2D eigenvalue weighted by atomic mass is 10.2. The number of hydrogen-bond donors (Lipinski definition) is 1. The summed E-state index contributed by atoms with van der Waals surface area (Å²) in [6.07, 6.45) is 1.74. The van der Waals surface area contributed by atoms with Crippen molar-refractivity contribution in [3.05, 3.63) is 52.1 Å². The molecule has 0 saturated carbocycles. The number of nitrogens with two attached hydrogens (primary N) is 1. The molecule has 2 rings (SSSR count). The minimum absolute atomic E-state index is 0.519. The van der Waals surface area contributed by atoms with Gasteiger partial charge in [0.05, 0.1) is 0 Å². The fourth-order valence-corrected chi connectivity index (χ4v) is 2.91. The van der Waals surface area contributed by atoms with E-state index >= 15 is 0 Å². The van der Waals surface area contributed by atoms with Crippen molar-refractivity contribution in [2.45, 2.75) is 10.6 Å². The van der Waals surface area contributed by atoms with E-state index in [0.29, 0.717) is 21.6 Å². The molecular weight excluding hydrogens is 275 g/mol. The molecule has 88 valence electrons. The molecule has 0 spiro atoms. The van der Waals surface area contributed by atoms with E-state index in [9.17, 15) is 0 Å². The number of aromatic nitrogens is 1. The number of halogens is 2. The van der Waals surface area contributed by atoms with Gasteiger partial charge in [-0.15, -0.1) is 11.8 Å². The van der Waals surface area contributed by atoms with Gasteiger partial charge in [0.25, 0.3) is 0 Å². The summed E-state index contributed by atoms with van der Waals surface area (Å²) in [7, 11) is 0. The predicted molar refractivity (Wildman–Crippen MR) is 74.7 cm³/mol. The molecule has 2 N–H and O–H groups in total. The van der Waals surface area contributed by atoms with Gasteiger partial charge in [0.15, 0.2) is 0 Å². The number of thioether (sulfide) groups is 1. The number of nitrogen functional groups attached to an aromatic ring is 1. The second-order valence-electron chi connectivity index (χ2n) is 3.41. The first-order chi connectivity index (χ1) is 8.16. The summed E-state index contributed by atoms with van der Waals surface area (Å²) in [4.78, 5) is 5.06. The van der Waals surface area contributed by atoms with E-state index in [0.717, 1.165) is 10.5 Å². The molecule has 1 aromatic carbocycles. The number of pyridine rings is 1. The molecule has 0 saturated heterocycles. The molecule has 0 amide bonds. The second-order valence-corrected chi connectivity index (χ2v) is 5.27. The van der Waals surface area contributed by atoms with Crippen LogP contribution in [0.25, 0.3) is 0 Å². The van der Waals surface area contributed by atoms with Crippen molar-refractivity contribution in [2.24, 2.45) is 0 Å². The first kappa shape index (κ1) is 12.6. The minimum atomic E-state index is 0.519. The average Bonchev–Trinajstić information content (AvgIpc) is 2.31. The number of anilines is 1. The molecule has 0 bridgehead atoms. The van der Waals surface area contributed by atoms with Crippen LogP contribution in [0.1, 0.15) is 5.56 Å². The zero-order chi connectivity index (χ0) is 12.3. The molecule has 0 aliphatic heterocycles. The van der Waals surface area contributed by atoms with Crippen molar-refractivity contribution in [3.8, 4) is 0 Å². The van der Waals surface area contributed by atoms with Crippen molar-refractivity contribution >= 4 is 40.8 Å². The van der Waals surface area contributed by atoms with Gasteiger partial charge in [-0.05, 0) is 29.8 Å². The van der Waals surface area contributed by atoms with Crippen LogP contribution in [-0.4, -0.2) is 4.98 Å². The topological polar surface area (TPSA) is 38.9 Å². The van der Waals surface area contributed by atoms with Gasteiger partial charge < -0.3 is 5.73 Å². The summed E-state index contributed by atoms with van der Waals surface area (Å²) in [6, 6.07) is 9.22. The Bertz CT molecular complexity index is 494. The van der Waals surface area contributed by atoms with Crippen LogP contribution in [0.5, 0.6) is 0 Å². The first-order valence-corrected chi connectivity index (χ1v) is 6.68. The maximum Gasteiger partial charge on any atom is 0.123 e. The van der Waals surface area contributed by atoms with Gasteiger partial charge in [0, 0.05) is 26.9 Å². The van der Waals surface area contributed by atoms with Gasteiger partial charge in [0.2, 0.25) is 0 Å². The van der Waals surface area contributed by atoms with Crippen molar-refractivity contribution < 1.29 is 0 Å². The smallest absolute Gasteiger partial charge is 0.123 e. The lowest BCUT2D eigenvalue weighted by Gasteiger charge is -2.06. The average molecular weight is 285 g/mol. The Morgan fingerprint density at radius 2 is 1.82 bits per heavy atom. The van der Waals surface area contributed by atoms with Crippen LogP contribution in [0.2, 0.25) is 10.0 Å². The van der Waals surface area contributed by atoms with Gasteiger partial charge in [-0.1, -0.05) is 29.3 Å². The molecule has 0 aliphatic carbocycles. The summed E-state index contributed by atoms with van der Waals surface area (Å²) in [5.74, 6) is 1.23. The van der Waals surface area contributed by atoms with Gasteiger partial charge in [0.1, 0.15) is 5.82 Å². The van der Waals surface area contributed by atoms with Crippen molar-refractivity contribution in [3.63, 3.8) is 0 Å². The van der Waals surface area contributed by atoms with E-state index in [1.54, 1.807) is 24.0 Å². The first-order valence-electron chi connectivity index (χ1n) is 4.94. The largest absolute Gasteiger partial charge is 0.384 e. The molecule has 0 unspecified atom stereocenters. The summed E-state index contributed by atoms with van der Waals surface area (Å²) < 4.78 is 0. The van der Waals surface area contributed by atoms with Crippen molar-refractivity contribution in [1.82, 2.24) is 4.98 Å². The van der Waals surface area contributed by atoms with Crippen LogP contribution in [0.15, 0.2) is 41.4 Å². The third kappa shape index (κ3) is 3.28. The molecule has 5 heteroatoms. The highest BCUT2D eigenvalue weighted by Gasteiger charge is 2.06. The van der Waals surface area contributed by atoms with E-state index < -0.39 is 0 Å². The van der Waals surface area contributed by atoms with Gasteiger partial charge in [-0.3, -0.25) is 0 Å². The quantitative estimate of drug-likeness (QED) is 0.856. The fraction of sp³-hybridized carbons (Fsp3) is 0.0833. The van der Waals surface area contributed by atoms with Crippen molar-refractivity contribution in [1.29, 1.82) is 0 Å². The highest BCUT2D eigenvalue weighted by Crippen LogP contribution is 2.31. The number of benzene rings is 1. The third-order valence-corrected chi connectivity index (χ3v) is 3.92. The van der Waals surface area contributed by atoms with Gasteiger partial charge >= 0.3 is 0 Å². The number of nitrogens with zero attached hydrogens (tertiary/aromatic N) is 1. The predicted octanol–water partition coefficient (Wildman–Crippen LogP) is 4.26. The molecule has 0 atom stereocenters. The second kappa shape index (κ2) is 5.63. The summed E-state index contributed by atoms with van der Waals surface area (Å²) in [5, 5.41) is 1.38. The van der Waals surface area contributed by atoms with Crippen LogP contribution in [0.4, 0.5) is 5.82 Å². The molecule has 2 nitrogen and oxygen atoms in total. The van der Waals surface area contributed by atoms with Crippen LogP contribution < -0.4 is 5.73 Å². The maximum absolute atomic E-state index is 6.09. The molecule has 0 fully saturated rings. The standard InChI is InChI=1S/C12H10Cl2N2S/c13-10-2-1-3-11(14)9(10)7-17-8-4-5-12(15)16-6-8/h1-6H,7H2,(H2,15,16). The normalized spacial score (nSPS) is 10.5. The Morgan fingerprint density at radius 1 is 1.12 bits per heavy atom. The molecule has 1 aromatic heterocycles. The lowest BCUT2D eigenvalue weighted by molar-refractivity contribution is 1.24. The molecule has 1 heterocycles. The van der Waals surface area contributed by atoms with Crippen LogP contribution in [0, 0.1) is 0 Å². The fourth-order valence-electron chi connectivity index (χ4n) is 1.30. The molecule has 0 aliphatic rings.